The molecule has 0 amide bonds. The molecule has 1 aromatic heterocycles. The Morgan fingerprint density at radius 1 is 0.683 bits per heavy atom. The minimum atomic E-state index is -4.98. The Morgan fingerprint density at radius 3 is 1.70 bits per heavy atom. The van der Waals surface area contributed by atoms with Crippen LogP contribution in [0.3, 0.4) is 0 Å². The van der Waals surface area contributed by atoms with Gasteiger partial charge in [0.05, 0.1) is 22.7 Å². The third-order valence-corrected chi connectivity index (χ3v) is 15.2. The normalized spacial score (nSPS) is 18.1. The van der Waals surface area contributed by atoms with E-state index in [1.807, 2.05) is 4.90 Å². The Morgan fingerprint density at radius 2 is 1.19 bits per heavy atom. The molecule has 0 saturated carbocycles. The lowest BCUT2D eigenvalue weighted by molar-refractivity contribution is -0.274. The maximum Gasteiger partial charge on any atom is 0.573 e. The average molecular weight is 908 g/mol. The highest BCUT2D eigenvalue weighted by molar-refractivity contribution is 7.91. The van der Waals surface area contributed by atoms with Crippen LogP contribution in [-0.4, -0.2) is 112 Å². The second kappa shape index (κ2) is 23.8. The van der Waals surface area contributed by atoms with Crippen LogP contribution in [0.25, 0.3) is 10.9 Å². The van der Waals surface area contributed by atoms with Crippen molar-refractivity contribution in [2.45, 2.75) is 158 Å². The molecule has 0 unspecified atom stereocenters. The molecule has 15 heteroatoms. The summed E-state index contributed by atoms with van der Waals surface area (Å²) in [5.74, 6) is -3.47. The molecule has 0 spiro atoms. The van der Waals surface area contributed by atoms with E-state index in [2.05, 4.69) is 38.3 Å². The number of ether oxygens (including phenoxy) is 2. The van der Waals surface area contributed by atoms with Crippen LogP contribution >= 0.6 is 0 Å². The summed E-state index contributed by atoms with van der Waals surface area (Å²) in [5.41, 5.74) is 0.388. The number of pyridine rings is 1. The van der Waals surface area contributed by atoms with E-state index >= 15 is 8.78 Å². The number of likely N-dealkylation sites (tertiary alicyclic amines) is 1. The molecule has 4 heterocycles. The molecule has 9 nitrogen and oxygen atoms in total. The summed E-state index contributed by atoms with van der Waals surface area (Å²) in [7, 11) is -4.65. The van der Waals surface area contributed by atoms with Gasteiger partial charge in [0.25, 0.3) is 0 Å². The zero-order valence-electron chi connectivity index (χ0n) is 37.6. The number of hydrogen-bond acceptors (Lipinski definition) is 9. The van der Waals surface area contributed by atoms with Gasteiger partial charge in [-0.1, -0.05) is 97.3 Å². The summed E-state index contributed by atoms with van der Waals surface area (Å²) in [4.78, 5) is 12.8. The number of sulfone groups is 1. The van der Waals surface area contributed by atoms with Crippen LogP contribution in [0.2, 0.25) is 0 Å². The first-order valence-electron chi connectivity index (χ1n) is 23.9. The quantitative estimate of drug-likeness (QED) is 0.0683. The zero-order valence-corrected chi connectivity index (χ0v) is 38.4. The third-order valence-electron chi connectivity index (χ3n) is 13.5. The SMILES string of the molecule is CCCCCCCCCCCCCCCCOc1c(F)cc(S(=O)(=O)c2cnc3ccc(OC(F)(F)F)cc3c2N2CCC(N3CCN(C4CCN(CC)CC4)CC3)CC2)cc1F. The molecule has 0 atom stereocenters. The topological polar surface area (TPSA) is 78.4 Å². The van der Waals surface area contributed by atoms with E-state index in [9.17, 15) is 21.6 Å². The van der Waals surface area contributed by atoms with Gasteiger partial charge in [0.1, 0.15) is 10.6 Å². The molecule has 3 aliphatic heterocycles. The van der Waals surface area contributed by atoms with Gasteiger partial charge in [0, 0.05) is 62.9 Å². The fourth-order valence-corrected chi connectivity index (χ4v) is 11.3. The van der Waals surface area contributed by atoms with Crippen molar-refractivity contribution in [3.05, 3.63) is 48.2 Å². The molecule has 0 aliphatic carbocycles. The lowest BCUT2D eigenvalue weighted by Gasteiger charge is -2.46. The standard InChI is InChI=1S/C48H70F5N5O4S/c1-3-5-6-7-8-9-10-11-12-13-14-15-16-17-32-61-47-42(49)34-40(35-43(47)50)63(59,60)45-36-54-44-19-18-39(62-48(51,52)53)33-41(44)46(45)58-26-22-38(23-27-58)57-30-28-56(29-31-57)37-20-24-55(4-2)25-21-37/h18-19,33-38H,3-17,20-32H2,1-2H3. The molecule has 3 aliphatic rings. The van der Waals surface area contributed by atoms with Crippen molar-refractivity contribution in [3.63, 3.8) is 0 Å². The van der Waals surface area contributed by atoms with Crippen LogP contribution in [0.1, 0.15) is 129 Å². The van der Waals surface area contributed by atoms with Gasteiger partial charge in [-0.15, -0.1) is 13.2 Å². The fraction of sp³-hybridized carbons (Fsp3) is 0.688. The average Bonchev–Trinajstić information content (AvgIpc) is 3.27. The Kier molecular flexibility index (Phi) is 18.6. The number of nitrogens with zero attached hydrogens (tertiary/aromatic N) is 5. The Hall–Kier alpha value is -3.27. The summed E-state index contributed by atoms with van der Waals surface area (Å²) < 4.78 is 110. The molecule has 352 valence electrons. The molecular formula is C48H70F5N5O4S. The number of unbranched alkanes of at least 4 members (excludes halogenated alkanes) is 13. The molecule has 0 N–H and O–H groups in total. The van der Waals surface area contributed by atoms with E-state index in [1.54, 1.807) is 0 Å². The zero-order chi connectivity index (χ0) is 44.8. The predicted molar refractivity (Wildman–Crippen MR) is 240 cm³/mol. The first kappa shape index (κ1) is 49.2. The number of piperidine rings is 2. The van der Waals surface area contributed by atoms with Gasteiger partial charge in [-0.3, -0.25) is 14.8 Å². The molecular weight excluding hydrogens is 838 g/mol. The maximum atomic E-state index is 15.5. The summed E-state index contributed by atoms with van der Waals surface area (Å²) >= 11 is 0. The molecule has 0 radical (unpaired) electrons. The van der Waals surface area contributed by atoms with E-state index in [0.29, 0.717) is 38.4 Å². The lowest BCUT2D eigenvalue weighted by atomic mass is 9.99. The minimum Gasteiger partial charge on any atom is -0.488 e. The van der Waals surface area contributed by atoms with Gasteiger partial charge in [-0.05, 0) is 82.1 Å². The number of benzene rings is 2. The highest BCUT2D eigenvalue weighted by Gasteiger charge is 2.35. The summed E-state index contributed by atoms with van der Waals surface area (Å²) in [6.07, 6.45) is 16.3. The highest BCUT2D eigenvalue weighted by atomic mass is 32.2. The van der Waals surface area contributed by atoms with Crippen LogP contribution < -0.4 is 14.4 Å². The number of hydrogen-bond donors (Lipinski definition) is 0. The van der Waals surface area contributed by atoms with Crippen LogP contribution in [-0.2, 0) is 9.84 Å². The Bertz CT molecular complexity index is 1960. The third kappa shape index (κ3) is 13.9. The predicted octanol–water partition coefficient (Wildman–Crippen LogP) is 11.2. The molecule has 3 aromatic rings. The number of fused-ring (bicyclic) bond motifs is 1. The van der Waals surface area contributed by atoms with Crippen molar-refractivity contribution in [1.82, 2.24) is 19.7 Å². The summed E-state index contributed by atoms with van der Waals surface area (Å²) in [6, 6.07) is 5.95. The van der Waals surface area contributed by atoms with Crippen molar-refractivity contribution in [3.8, 4) is 11.5 Å². The second-order valence-electron chi connectivity index (χ2n) is 17.8. The van der Waals surface area contributed by atoms with Crippen LogP contribution in [0, 0.1) is 11.6 Å². The summed E-state index contributed by atoms with van der Waals surface area (Å²) in [6.45, 7) is 12.6. The number of aromatic nitrogens is 1. The minimum absolute atomic E-state index is 0.0864. The molecule has 0 bridgehead atoms. The highest BCUT2D eigenvalue weighted by Crippen LogP contribution is 2.40. The van der Waals surface area contributed by atoms with E-state index in [-0.39, 0.29) is 34.1 Å². The van der Waals surface area contributed by atoms with Gasteiger partial charge in [0.15, 0.2) is 17.4 Å². The van der Waals surface area contributed by atoms with Gasteiger partial charge in [-0.25, -0.2) is 17.2 Å². The van der Waals surface area contributed by atoms with Crippen molar-refractivity contribution in [2.24, 2.45) is 0 Å². The maximum absolute atomic E-state index is 15.5. The van der Waals surface area contributed by atoms with E-state index in [0.717, 1.165) is 95.5 Å². The van der Waals surface area contributed by atoms with Crippen molar-refractivity contribution in [2.75, 3.05) is 70.4 Å². The molecule has 6 rings (SSSR count). The van der Waals surface area contributed by atoms with Gasteiger partial charge in [-0.2, -0.15) is 0 Å². The monoisotopic (exact) mass is 908 g/mol. The Labute approximate surface area is 372 Å². The summed E-state index contributed by atoms with van der Waals surface area (Å²) in [5, 5.41) is 0.132. The number of halogens is 5. The number of alkyl halides is 3. The van der Waals surface area contributed by atoms with Crippen LogP contribution in [0.4, 0.5) is 27.6 Å². The smallest absolute Gasteiger partial charge is 0.488 e. The first-order chi connectivity index (χ1) is 30.4. The van der Waals surface area contributed by atoms with Crippen LogP contribution in [0.15, 0.2) is 46.3 Å². The molecule has 3 fully saturated rings. The molecule has 2 aromatic carbocycles. The largest absolute Gasteiger partial charge is 0.573 e. The molecule has 3 saturated heterocycles. The van der Waals surface area contributed by atoms with E-state index < -0.39 is 44.2 Å². The second-order valence-corrected chi connectivity index (χ2v) is 19.7. The van der Waals surface area contributed by atoms with Gasteiger partial charge in [0.2, 0.25) is 9.84 Å². The van der Waals surface area contributed by atoms with Gasteiger partial charge < -0.3 is 19.3 Å². The number of piperazine rings is 1. The van der Waals surface area contributed by atoms with Crippen molar-refractivity contribution < 1.29 is 39.8 Å². The van der Waals surface area contributed by atoms with E-state index in [1.165, 1.54) is 83.1 Å². The fourth-order valence-electron chi connectivity index (χ4n) is 9.81. The van der Waals surface area contributed by atoms with Gasteiger partial charge >= 0.3 is 6.36 Å². The van der Waals surface area contributed by atoms with E-state index in [4.69, 9.17) is 4.74 Å². The first-order valence-corrected chi connectivity index (χ1v) is 25.4. The number of anilines is 1. The lowest BCUT2D eigenvalue weighted by Crippen LogP contribution is -2.56. The molecule has 63 heavy (non-hydrogen) atoms. The Balaban J connectivity index is 1.08. The van der Waals surface area contributed by atoms with Crippen LogP contribution in [0.5, 0.6) is 11.5 Å². The van der Waals surface area contributed by atoms with Crippen molar-refractivity contribution in [1.29, 1.82) is 0 Å². The number of rotatable bonds is 23. The van der Waals surface area contributed by atoms with Crippen molar-refractivity contribution >= 4 is 26.4 Å².